The smallest absolute Gasteiger partial charge is 0.129 e. The van der Waals surface area contributed by atoms with Crippen LogP contribution in [0.5, 0.6) is 0 Å². The highest BCUT2D eigenvalue weighted by Crippen LogP contribution is 2.22. The van der Waals surface area contributed by atoms with Crippen LogP contribution in [-0.4, -0.2) is 11.5 Å². The van der Waals surface area contributed by atoms with E-state index in [1.54, 1.807) is 0 Å². The molecule has 2 heteroatoms. The van der Waals surface area contributed by atoms with Crippen molar-refractivity contribution in [3.8, 4) is 0 Å². The van der Waals surface area contributed by atoms with E-state index in [4.69, 9.17) is 0 Å². The predicted molar refractivity (Wildman–Crippen MR) is 61.7 cm³/mol. The van der Waals surface area contributed by atoms with Crippen molar-refractivity contribution in [3.63, 3.8) is 0 Å². The summed E-state index contributed by atoms with van der Waals surface area (Å²) in [7, 11) is 0. The van der Waals surface area contributed by atoms with Gasteiger partial charge in [0.25, 0.3) is 0 Å². The number of nitrogens with zero attached hydrogens (tertiary/aromatic N) is 1. The Bertz CT molecular complexity index is 294. The van der Waals surface area contributed by atoms with Crippen molar-refractivity contribution >= 4 is 5.82 Å². The molecule has 2 rings (SSSR count). The fourth-order valence-corrected chi connectivity index (χ4v) is 1.62. The highest BCUT2D eigenvalue weighted by atomic mass is 15.0. The molecule has 1 N–H and O–H groups in total. The molecule has 2 heterocycles. The molecule has 1 aromatic heterocycles. The van der Waals surface area contributed by atoms with Gasteiger partial charge in [0.2, 0.25) is 0 Å². The molecular weight excluding hydrogens is 172 g/mol. The Hall–Kier alpha value is -1.05. The monoisotopic (exact) mass is 192 g/mol. The summed E-state index contributed by atoms with van der Waals surface area (Å²) in [6.45, 7) is 9.35. The topological polar surface area (TPSA) is 24.9 Å². The van der Waals surface area contributed by atoms with Gasteiger partial charge >= 0.3 is 0 Å². The van der Waals surface area contributed by atoms with Crippen LogP contribution in [0.3, 0.4) is 0 Å². The van der Waals surface area contributed by atoms with Gasteiger partial charge in [0.05, 0.1) is 0 Å². The third kappa shape index (κ3) is 2.47. The van der Waals surface area contributed by atoms with E-state index in [1.165, 1.54) is 5.56 Å². The second-order valence-corrected chi connectivity index (χ2v) is 3.65. The molecule has 0 spiro atoms. The van der Waals surface area contributed by atoms with Crippen LogP contribution in [0.2, 0.25) is 0 Å². The molecule has 0 amide bonds. The number of rotatable bonds is 0. The molecule has 0 radical (unpaired) electrons. The Morgan fingerprint density at radius 1 is 1.36 bits per heavy atom. The largest absolute Gasteiger partial charge is 0.370 e. The minimum atomic E-state index is 0.738. The molecule has 1 aliphatic rings. The number of hydrogen-bond donors (Lipinski definition) is 1. The zero-order chi connectivity index (χ0) is 10.6. The van der Waals surface area contributed by atoms with E-state index in [1.807, 2.05) is 20.8 Å². The normalized spacial score (nSPS) is 18.7. The summed E-state index contributed by atoms with van der Waals surface area (Å²) in [6.07, 6.45) is 1.16. The summed E-state index contributed by atoms with van der Waals surface area (Å²) in [5.74, 6) is 1.83. The number of nitrogens with one attached hydrogen (secondary N) is 1. The van der Waals surface area contributed by atoms with E-state index in [0.717, 1.165) is 30.4 Å². The summed E-state index contributed by atoms with van der Waals surface area (Å²) < 4.78 is 0. The van der Waals surface area contributed by atoms with Gasteiger partial charge in [0.15, 0.2) is 0 Å². The SMILES string of the molecule is CC.Cc1ccc2c(n1)NCC(C)C2. The molecule has 0 fully saturated rings. The third-order valence-corrected chi connectivity index (χ3v) is 2.30. The van der Waals surface area contributed by atoms with Gasteiger partial charge in [-0.25, -0.2) is 4.98 Å². The van der Waals surface area contributed by atoms with E-state index in [9.17, 15) is 0 Å². The highest BCUT2D eigenvalue weighted by molar-refractivity contribution is 5.47. The van der Waals surface area contributed by atoms with Crippen molar-refractivity contribution in [1.82, 2.24) is 4.98 Å². The maximum absolute atomic E-state index is 4.44. The number of aryl methyl sites for hydroxylation is 1. The molecule has 14 heavy (non-hydrogen) atoms. The average Bonchev–Trinajstić information content (AvgIpc) is 2.21. The minimum absolute atomic E-state index is 0.738. The van der Waals surface area contributed by atoms with E-state index >= 15 is 0 Å². The molecule has 78 valence electrons. The zero-order valence-corrected chi connectivity index (χ0v) is 9.59. The average molecular weight is 192 g/mol. The lowest BCUT2D eigenvalue weighted by molar-refractivity contribution is 0.590. The number of pyridine rings is 1. The van der Waals surface area contributed by atoms with Gasteiger partial charge in [0.1, 0.15) is 5.82 Å². The lowest BCUT2D eigenvalue weighted by atomic mass is 9.98. The first-order valence-corrected chi connectivity index (χ1v) is 5.46. The summed E-state index contributed by atoms with van der Waals surface area (Å²) in [5, 5.41) is 3.34. The lowest BCUT2D eigenvalue weighted by Gasteiger charge is -2.22. The fourth-order valence-electron chi connectivity index (χ4n) is 1.62. The summed E-state index contributed by atoms with van der Waals surface area (Å²) in [4.78, 5) is 4.44. The first kappa shape index (κ1) is 11.0. The molecule has 1 unspecified atom stereocenters. The number of hydrogen-bond acceptors (Lipinski definition) is 2. The zero-order valence-electron chi connectivity index (χ0n) is 9.59. The molecule has 0 aliphatic carbocycles. The van der Waals surface area contributed by atoms with Gasteiger partial charge < -0.3 is 5.32 Å². The third-order valence-electron chi connectivity index (χ3n) is 2.30. The van der Waals surface area contributed by atoms with Gasteiger partial charge in [0, 0.05) is 12.2 Å². The standard InChI is InChI=1S/C10H14N2.C2H6/c1-7-5-9-4-3-8(2)12-10(9)11-6-7;1-2/h3-4,7H,5-6H2,1-2H3,(H,11,12);1-2H3. The second-order valence-electron chi connectivity index (χ2n) is 3.65. The Kier molecular flexibility index (Phi) is 3.93. The van der Waals surface area contributed by atoms with Crippen molar-refractivity contribution in [2.75, 3.05) is 11.9 Å². The maximum Gasteiger partial charge on any atom is 0.129 e. The molecule has 1 atom stereocenters. The molecule has 0 saturated carbocycles. The second kappa shape index (κ2) is 4.99. The van der Waals surface area contributed by atoms with Crippen LogP contribution in [0.1, 0.15) is 32.0 Å². The quantitative estimate of drug-likeness (QED) is 0.683. The van der Waals surface area contributed by atoms with Crippen LogP contribution in [0.25, 0.3) is 0 Å². The molecule has 2 nitrogen and oxygen atoms in total. The van der Waals surface area contributed by atoms with Gasteiger partial charge in [-0.3, -0.25) is 0 Å². The summed E-state index contributed by atoms with van der Waals surface area (Å²) in [6, 6.07) is 4.26. The highest BCUT2D eigenvalue weighted by Gasteiger charge is 2.14. The number of anilines is 1. The van der Waals surface area contributed by atoms with Gasteiger partial charge in [-0.2, -0.15) is 0 Å². The Morgan fingerprint density at radius 2 is 2.07 bits per heavy atom. The van der Waals surface area contributed by atoms with E-state index in [0.29, 0.717) is 0 Å². The van der Waals surface area contributed by atoms with Crippen molar-refractivity contribution in [1.29, 1.82) is 0 Å². The van der Waals surface area contributed by atoms with E-state index < -0.39 is 0 Å². The van der Waals surface area contributed by atoms with Gasteiger partial charge in [-0.15, -0.1) is 0 Å². The summed E-state index contributed by atoms with van der Waals surface area (Å²) in [5.41, 5.74) is 2.45. The molecule has 1 aliphatic heterocycles. The predicted octanol–water partition coefficient (Wildman–Crippen LogP) is 3.02. The van der Waals surface area contributed by atoms with Crippen molar-refractivity contribution in [3.05, 3.63) is 23.4 Å². The Balaban J connectivity index is 0.000000461. The van der Waals surface area contributed by atoms with Crippen LogP contribution >= 0.6 is 0 Å². The molecule has 1 aromatic rings. The van der Waals surface area contributed by atoms with Gasteiger partial charge in [-0.1, -0.05) is 26.8 Å². The molecular formula is C12H20N2. The minimum Gasteiger partial charge on any atom is -0.370 e. The van der Waals surface area contributed by atoms with Crippen LogP contribution in [0.15, 0.2) is 12.1 Å². The maximum atomic E-state index is 4.44. The molecule has 0 aromatic carbocycles. The lowest BCUT2D eigenvalue weighted by Crippen LogP contribution is -2.21. The fraction of sp³-hybridized carbons (Fsp3) is 0.583. The van der Waals surface area contributed by atoms with Crippen LogP contribution in [0, 0.1) is 12.8 Å². The Morgan fingerprint density at radius 3 is 2.79 bits per heavy atom. The number of fused-ring (bicyclic) bond motifs is 1. The van der Waals surface area contributed by atoms with E-state index in [-0.39, 0.29) is 0 Å². The van der Waals surface area contributed by atoms with Gasteiger partial charge in [-0.05, 0) is 30.9 Å². The van der Waals surface area contributed by atoms with E-state index in [2.05, 4.69) is 29.4 Å². The first-order valence-electron chi connectivity index (χ1n) is 5.46. The van der Waals surface area contributed by atoms with Crippen molar-refractivity contribution < 1.29 is 0 Å². The first-order chi connectivity index (χ1) is 6.75. The molecule has 0 bridgehead atoms. The molecule has 0 saturated heterocycles. The summed E-state index contributed by atoms with van der Waals surface area (Å²) >= 11 is 0. The van der Waals surface area contributed by atoms with Crippen LogP contribution in [-0.2, 0) is 6.42 Å². The Labute approximate surface area is 86.8 Å². The van der Waals surface area contributed by atoms with Crippen LogP contribution < -0.4 is 5.32 Å². The van der Waals surface area contributed by atoms with Crippen LogP contribution in [0.4, 0.5) is 5.82 Å². The van der Waals surface area contributed by atoms with Crippen molar-refractivity contribution in [2.24, 2.45) is 5.92 Å². The number of aromatic nitrogens is 1. The van der Waals surface area contributed by atoms with Crippen molar-refractivity contribution in [2.45, 2.75) is 34.1 Å².